The molecule has 0 aliphatic carbocycles. The number of nitrogens with zero attached hydrogens (tertiary/aromatic N) is 2. The maximum absolute atomic E-state index is 14.0. The fraction of sp³-hybridized carbons (Fsp3) is 0.538. The largest absolute Gasteiger partial charge is 0.367 e. The summed E-state index contributed by atoms with van der Waals surface area (Å²) in [4.78, 5) is 9.11. The third-order valence-corrected chi connectivity index (χ3v) is 3.28. The molecule has 0 atom stereocenters. The van der Waals surface area contributed by atoms with E-state index in [1.807, 2.05) is 12.1 Å². The average Bonchev–Trinajstić information content (AvgIpc) is 2.38. The smallest absolute Gasteiger partial charge is 0.146 e. The van der Waals surface area contributed by atoms with Gasteiger partial charge in [-0.2, -0.15) is 5.48 Å². The van der Waals surface area contributed by atoms with Crippen molar-refractivity contribution >= 4 is 5.69 Å². The summed E-state index contributed by atoms with van der Waals surface area (Å²) in [5.41, 5.74) is 4.29. The molecule has 1 heterocycles. The van der Waals surface area contributed by atoms with Crippen molar-refractivity contribution < 1.29 is 9.23 Å². The van der Waals surface area contributed by atoms with Gasteiger partial charge in [0.05, 0.1) is 12.8 Å². The van der Waals surface area contributed by atoms with Gasteiger partial charge in [0.25, 0.3) is 0 Å². The lowest BCUT2D eigenvalue weighted by Crippen LogP contribution is -2.44. The van der Waals surface area contributed by atoms with Crippen LogP contribution in [0.15, 0.2) is 18.2 Å². The van der Waals surface area contributed by atoms with Gasteiger partial charge in [-0.1, -0.05) is 6.07 Å². The van der Waals surface area contributed by atoms with Crippen LogP contribution in [0.2, 0.25) is 0 Å². The van der Waals surface area contributed by atoms with Gasteiger partial charge in [-0.3, -0.25) is 0 Å². The summed E-state index contributed by atoms with van der Waals surface area (Å²) in [5.74, 6) is -0.157. The van der Waals surface area contributed by atoms with E-state index in [0.29, 0.717) is 12.2 Å². The van der Waals surface area contributed by atoms with Crippen molar-refractivity contribution in [2.24, 2.45) is 0 Å². The molecule has 1 aromatic carbocycles. The Balaban J connectivity index is 2.05. The zero-order chi connectivity index (χ0) is 13.0. The van der Waals surface area contributed by atoms with Gasteiger partial charge in [0.1, 0.15) is 5.82 Å². The number of nitrogens with one attached hydrogen (secondary N) is 1. The molecule has 100 valence electrons. The summed E-state index contributed by atoms with van der Waals surface area (Å²) in [5, 5.41) is 0. The Bertz CT molecular complexity index is 392. The molecule has 0 unspecified atom stereocenters. The number of benzene rings is 1. The molecule has 0 saturated carbocycles. The third kappa shape index (κ3) is 3.19. The molecule has 4 nitrogen and oxygen atoms in total. The number of piperazine rings is 1. The molecule has 1 fully saturated rings. The van der Waals surface area contributed by atoms with Crippen LogP contribution in [0.5, 0.6) is 0 Å². The first-order chi connectivity index (χ1) is 8.70. The minimum atomic E-state index is -0.157. The molecular weight excluding hydrogens is 233 g/mol. The summed E-state index contributed by atoms with van der Waals surface area (Å²) >= 11 is 0. The van der Waals surface area contributed by atoms with Gasteiger partial charge in [-0.25, -0.2) is 4.39 Å². The van der Waals surface area contributed by atoms with Crippen LogP contribution in [-0.2, 0) is 11.4 Å². The standard InChI is InChI=1S/C13H20FN3O/c1-16-5-7-17(8-6-16)13-4-3-11(9-12(13)14)10-15-18-2/h3-4,9,15H,5-8,10H2,1-2H3. The van der Waals surface area contributed by atoms with Gasteiger partial charge >= 0.3 is 0 Å². The minimum absolute atomic E-state index is 0.157. The molecule has 1 aliphatic heterocycles. The summed E-state index contributed by atoms with van der Waals surface area (Å²) < 4.78 is 14.0. The predicted octanol–water partition coefficient (Wildman–Crippen LogP) is 1.23. The van der Waals surface area contributed by atoms with Crippen LogP contribution in [0.1, 0.15) is 5.56 Å². The molecule has 0 spiro atoms. The molecule has 5 heteroatoms. The first kappa shape index (κ1) is 13.3. The van der Waals surface area contributed by atoms with Crippen molar-refractivity contribution in [3.63, 3.8) is 0 Å². The van der Waals surface area contributed by atoms with Crippen LogP contribution in [-0.4, -0.2) is 45.2 Å². The molecule has 0 amide bonds. The molecule has 0 bridgehead atoms. The molecule has 18 heavy (non-hydrogen) atoms. The summed E-state index contributed by atoms with van der Waals surface area (Å²) in [6, 6.07) is 5.36. The Morgan fingerprint density at radius 1 is 1.28 bits per heavy atom. The number of rotatable bonds is 4. The number of hydroxylamine groups is 1. The van der Waals surface area contributed by atoms with Gasteiger partial charge < -0.3 is 14.6 Å². The second-order valence-corrected chi connectivity index (χ2v) is 4.60. The van der Waals surface area contributed by atoms with Crippen molar-refractivity contribution in [3.05, 3.63) is 29.6 Å². The quantitative estimate of drug-likeness (QED) is 0.817. The van der Waals surface area contributed by atoms with Crippen molar-refractivity contribution in [2.45, 2.75) is 6.54 Å². The molecule has 2 rings (SSSR count). The normalized spacial score (nSPS) is 17.2. The van der Waals surface area contributed by atoms with Crippen molar-refractivity contribution in [2.75, 3.05) is 45.2 Å². The third-order valence-electron chi connectivity index (χ3n) is 3.28. The first-order valence-corrected chi connectivity index (χ1v) is 6.18. The Morgan fingerprint density at radius 2 is 2.00 bits per heavy atom. The summed E-state index contributed by atoms with van der Waals surface area (Å²) in [7, 11) is 3.64. The van der Waals surface area contributed by atoms with Gasteiger partial charge in [-0.15, -0.1) is 0 Å². The lowest BCUT2D eigenvalue weighted by atomic mass is 10.1. The molecule has 1 aromatic rings. The van der Waals surface area contributed by atoms with Gasteiger partial charge in [-0.05, 0) is 24.7 Å². The molecule has 0 radical (unpaired) electrons. The number of hydrogen-bond acceptors (Lipinski definition) is 4. The topological polar surface area (TPSA) is 27.7 Å². The SMILES string of the molecule is CONCc1ccc(N2CCN(C)CC2)c(F)c1. The first-order valence-electron chi connectivity index (χ1n) is 6.18. The van der Waals surface area contributed by atoms with Crippen LogP contribution < -0.4 is 10.4 Å². The second kappa shape index (κ2) is 6.13. The van der Waals surface area contributed by atoms with Gasteiger partial charge in [0, 0.05) is 32.7 Å². The van der Waals surface area contributed by atoms with Crippen LogP contribution in [0.25, 0.3) is 0 Å². The number of hydrogen-bond donors (Lipinski definition) is 1. The Kier molecular flexibility index (Phi) is 4.52. The van der Waals surface area contributed by atoms with Crippen molar-refractivity contribution in [3.8, 4) is 0 Å². The zero-order valence-corrected chi connectivity index (χ0v) is 10.9. The monoisotopic (exact) mass is 253 g/mol. The Hall–Kier alpha value is -1.17. The van der Waals surface area contributed by atoms with Gasteiger partial charge in [0.2, 0.25) is 0 Å². The highest BCUT2D eigenvalue weighted by molar-refractivity contribution is 5.49. The van der Waals surface area contributed by atoms with Crippen molar-refractivity contribution in [1.82, 2.24) is 10.4 Å². The van der Waals surface area contributed by atoms with E-state index in [2.05, 4.69) is 22.3 Å². The molecule has 1 saturated heterocycles. The minimum Gasteiger partial charge on any atom is -0.367 e. The average molecular weight is 253 g/mol. The molecule has 1 N–H and O–H groups in total. The van der Waals surface area contributed by atoms with Crippen molar-refractivity contribution in [1.29, 1.82) is 0 Å². The van der Waals surface area contributed by atoms with Crippen LogP contribution >= 0.6 is 0 Å². The molecule has 0 aromatic heterocycles. The van der Waals surface area contributed by atoms with E-state index in [0.717, 1.165) is 31.7 Å². The zero-order valence-electron chi connectivity index (χ0n) is 10.9. The second-order valence-electron chi connectivity index (χ2n) is 4.60. The Labute approximate surface area is 107 Å². The maximum Gasteiger partial charge on any atom is 0.146 e. The predicted molar refractivity (Wildman–Crippen MR) is 70.0 cm³/mol. The fourth-order valence-electron chi connectivity index (χ4n) is 2.12. The maximum atomic E-state index is 14.0. The van der Waals surface area contributed by atoms with E-state index < -0.39 is 0 Å². The highest BCUT2D eigenvalue weighted by Gasteiger charge is 2.17. The molecule has 1 aliphatic rings. The number of anilines is 1. The fourth-order valence-corrected chi connectivity index (χ4v) is 2.12. The van der Waals surface area contributed by atoms with E-state index in [4.69, 9.17) is 4.84 Å². The molecular formula is C13H20FN3O. The van der Waals surface area contributed by atoms with E-state index in [1.54, 1.807) is 13.2 Å². The number of halogens is 1. The number of likely N-dealkylation sites (N-methyl/N-ethyl adjacent to an activating group) is 1. The van der Waals surface area contributed by atoms with E-state index in [-0.39, 0.29) is 5.82 Å². The summed E-state index contributed by atoms with van der Waals surface area (Å²) in [6.45, 7) is 4.22. The van der Waals surface area contributed by atoms with Crippen LogP contribution in [0.3, 0.4) is 0 Å². The highest BCUT2D eigenvalue weighted by Crippen LogP contribution is 2.21. The lowest BCUT2D eigenvalue weighted by molar-refractivity contribution is 0.0866. The van der Waals surface area contributed by atoms with E-state index in [9.17, 15) is 4.39 Å². The van der Waals surface area contributed by atoms with E-state index in [1.165, 1.54) is 0 Å². The Morgan fingerprint density at radius 3 is 2.61 bits per heavy atom. The van der Waals surface area contributed by atoms with Crippen LogP contribution in [0, 0.1) is 5.82 Å². The lowest BCUT2D eigenvalue weighted by Gasteiger charge is -2.34. The van der Waals surface area contributed by atoms with Gasteiger partial charge in [0.15, 0.2) is 0 Å². The van der Waals surface area contributed by atoms with Crippen LogP contribution in [0.4, 0.5) is 10.1 Å². The van der Waals surface area contributed by atoms with E-state index >= 15 is 0 Å². The summed E-state index contributed by atoms with van der Waals surface area (Å²) in [6.07, 6.45) is 0. The highest BCUT2D eigenvalue weighted by atomic mass is 19.1.